The van der Waals surface area contributed by atoms with Crippen molar-refractivity contribution in [2.45, 2.75) is 45.3 Å². The highest BCUT2D eigenvalue weighted by Crippen LogP contribution is 2.37. The minimum atomic E-state index is -1.00. The molecule has 25 heavy (non-hydrogen) atoms. The summed E-state index contributed by atoms with van der Waals surface area (Å²) in [5, 5.41) is 11.8. The zero-order valence-electron chi connectivity index (χ0n) is 15.2. The highest BCUT2D eigenvalue weighted by molar-refractivity contribution is 5.97. The number of hydrogen-bond donors (Lipinski definition) is 1. The van der Waals surface area contributed by atoms with Crippen LogP contribution in [-0.2, 0) is 5.72 Å². The number of rotatable bonds is 2. The van der Waals surface area contributed by atoms with E-state index in [4.69, 9.17) is 0 Å². The highest BCUT2D eigenvalue weighted by atomic mass is 16.3. The van der Waals surface area contributed by atoms with Crippen molar-refractivity contribution in [1.82, 2.24) is 0 Å². The van der Waals surface area contributed by atoms with Gasteiger partial charge >= 0.3 is 0 Å². The highest BCUT2D eigenvalue weighted by Gasteiger charge is 2.53. The number of aliphatic hydroxyl groups is 1. The first-order valence-corrected chi connectivity index (χ1v) is 9.35. The molecule has 3 nitrogen and oxygen atoms in total. The predicted molar refractivity (Wildman–Crippen MR) is 102 cm³/mol. The van der Waals surface area contributed by atoms with Crippen LogP contribution in [0.4, 0.5) is 5.69 Å². The summed E-state index contributed by atoms with van der Waals surface area (Å²) in [5.74, 6) is 1.27. The first-order chi connectivity index (χ1) is 12.1. The fraction of sp³-hybridized carbons (Fsp3) is 0.409. The molecule has 2 heterocycles. The molecule has 0 unspecified atom stereocenters. The lowest BCUT2D eigenvalue weighted by atomic mass is 9.98. The molecule has 2 aromatic carbocycles. The van der Waals surface area contributed by atoms with Gasteiger partial charge in [0.15, 0.2) is 6.54 Å². The van der Waals surface area contributed by atoms with Crippen LogP contribution in [0.3, 0.4) is 0 Å². The zero-order valence-corrected chi connectivity index (χ0v) is 15.2. The second-order valence-electron chi connectivity index (χ2n) is 7.50. The minimum Gasteiger partial charge on any atom is -0.346 e. The number of benzene rings is 2. The van der Waals surface area contributed by atoms with Crippen LogP contribution < -0.4 is 4.90 Å². The van der Waals surface area contributed by atoms with Crippen LogP contribution >= 0.6 is 0 Å². The molecule has 2 aliphatic rings. The number of nitrogens with zero attached hydrogens (tertiary/aromatic N) is 2. The number of aryl methyl sites for hydroxylation is 2. The van der Waals surface area contributed by atoms with Crippen molar-refractivity contribution >= 4 is 11.5 Å². The lowest BCUT2D eigenvalue weighted by Gasteiger charge is -2.29. The average Bonchev–Trinajstić information content (AvgIpc) is 2.74. The van der Waals surface area contributed by atoms with Gasteiger partial charge in [0.25, 0.3) is 11.6 Å². The van der Waals surface area contributed by atoms with Crippen molar-refractivity contribution in [1.29, 1.82) is 0 Å². The van der Waals surface area contributed by atoms with Gasteiger partial charge in [-0.05, 0) is 45.2 Å². The maximum atomic E-state index is 11.8. The summed E-state index contributed by atoms with van der Waals surface area (Å²) in [4.78, 5) is 2.18. The van der Waals surface area contributed by atoms with Crippen molar-refractivity contribution in [3.63, 3.8) is 0 Å². The van der Waals surface area contributed by atoms with Gasteiger partial charge in [0.05, 0.1) is 6.54 Å². The lowest BCUT2D eigenvalue weighted by Crippen LogP contribution is -2.47. The fourth-order valence-corrected chi connectivity index (χ4v) is 4.12. The second-order valence-corrected chi connectivity index (χ2v) is 7.50. The molecule has 0 radical (unpaired) electrons. The third kappa shape index (κ3) is 2.87. The quantitative estimate of drug-likeness (QED) is 0.841. The van der Waals surface area contributed by atoms with Crippen LogP contribution in [0.25, 0.3) is 0 Å². The molecule has 130 valence electrons. The summed E-state index contributed by atoms with van der Waals surface area (Å²) in [5.41, 5.74) is 3.50. The van der Waals surface area contributed by atoms with Crippen molar-refractivity contribution in [3.05, 3.63) is 65.2 Å². The topological polar surface area (TPSA) is 26.5 Å². The Morgan fingerprint density at radius 2 is 1.52 bits per heavy atom. The summed E-state index contributed by atoms with van der Waals surface area (Å²) in [7, 11) is 0. The molecule has 0 spiro atoms. The Kier molecular flexibility index (Phi) is 4.12. The normalized spacial score (nSPS) is 23.6. The molecule has 1 N–H and O–H groups in total. The SMILES string of the molecule is Cc1ccc(N2C3=[N+](CCCCC3)C[C@@]2(O)c2ccc(C)cc2)cc1. The number of amidine groups is 1. The van der Waals surface area contributed by atoms with Crippen LogP contribution in [0.5, 0.6) is 0 Å². The van der Waals surface area contributed by atoms with Gasteiger partial charge in [-0.15, -0.1) is 0 Å². The Morgan fingerprint density at radius 3 is 2.20 bits per heavy atom. The van der Waals surface area contributed by atoms with Crippen molar-refractivity contribution in [2.75, 3.05) is 18.0 Å². The minimum absolute atomic E-state index is 0.638. The molecule has 2 aliphatic heterocycles. The van der Waals surface area contributed by atoms with Crippen LogP contribution in [0.1, 0.15) is 42.4 Å². The van der Waals surface area contributed by atoms with E-state index in [-0.39, 0.29) is 0 Å². The van der Waals surface area contributed by atoms with Gasteiger partial charge in [-0.25, -0.2) is 0 Å². The largest absolute Gasteiger partial charge is 0.346 e. The van der Waals surface area contributed by atoms with Crippen LogP contribution in [0.2, 0.25) is 0 Å². The summed E-state index contributed by atoms with van der Waals surface area (Å²) in [6.45, 7) is 5.86. The predicted octanol–water partition coefficient (Wildman–Crippen LogP) is 3.95. The van der Waals surface area contributed by atoms with Gasteiger partial charge in [0, 0.05) is 12.0 Å². The van der Waals surface area contributed by atoms with E-state index < -0.39 is 5.72 Å². The molecule has 0 aromatic heterocycles. The van der Waals surface area contributed by atoms with Gasteiger partial charge in [0.1, 0.15) is 5.69 Å². The summed E-state index contributed by atoms with van der Waals surface area (Å²) in [6.07, 6.45) is 4.69. The van der Waals surface area contributed by atoms with Gasteiger partial charge < -0.3 is 5.11 Å². The van der Waals surface area contributed by atoms with E-state index >= 15 is 0 Å². The molecule has 0 saturated carbocycles. The monoisotopic (exact) mass is 335 g/mol. The van der Waals surface area contributed by atoms with Crippen LogP contribution in [-0.4, -0.2) is 28.6 Å². The maximum Gasteiger partial charge on any atom is 0.275 e. The van der Waals surface area contributed by atoms with E-state index in [0.29, 0.717) is 6.54 Å². The molecular weight excluding hydrogens is 308 g/mol. The number of anilines is 1. The van der Waals surface area contributed by atoms with Crippen molar-refractivity contribution < 1.29 is 9.68 Å². The van der Waals surface area contributed by atoms with E-state index in [1.54, 1.807) is 0 Å². The summed E-state index contributed by atoms with van der Waals surface area (Å²) < 4.78 is 2.40. The zero-order chi connectivity index (χ0) is 17.4. The molecule has 0 saturated heterocycles. The van der Waals surface area contributed by atoms with Crippen LogP contribution in [0.15, 0.2) is 48.5 Å². The number of hydrogen-bond acceptors (Lipinski definition) is 2. The van der Waals surface area contributed by atoms with E-state index in [9.17, 15) is 5.11 Å². The first kappa shape index (κ1) is 16.3. The Morgan fingerprint density at radius 1 is 0.880 bits per heavy atom. The third-order valence-corrected chi connectivity index (χ3v) is 5.54. The first-order valence-electron chi connectivity index (χ1n) is 9.35. The average molecular weight is 335 g/mol. The Labute approximate surface area is 150 Å². The molecule has 4 rings (SSSR count). The Bertz CT molecular complexity index is 792. The van der Waals surface area contributed by atoms with Crippen molar-refractivity contribution in [3.8, 4) is 0 Å². The van der Waals surface area contributed by atoms with Gasteiger partial charge in [-0.3, -0.25) is 4.58 Å². The third-order valence-electron chi connectivity index (χ3n) is 5.54. The van der Waals surface area contributed by atoms with E-state index in [0.717, 1.165) is 24.2 Å². The Balaban J connectivity index is 1.83. The van der Waals surface area contributed by atoms with Crippen molar-refractivity contribution in [2.24, 2.45) is 0 Å². The Hall–Kier alpha value is -2.13. The van der Waals surface area contributed by atoms with E-state index in [1.165, 1.54) is 36.2 Å². The smallest absolute Gasteiger partial charge is 0.275 e. The van der Waals surface area contributed by atoms with Crippen LogP contribution in [0, 0.1) is 13.8 Å². The van der Waals surface area contributed by atoms with E-state index in [2.05, 4.69) is 71.9 Å². The fourth-order valence-electron chi connectivity index (χ4n) is 4.12. The molecule has 1 atom stereocenters. The second kappa shape index (κ2) is 6.30. The standard InChI is InChI=1S/C22H27N2O/c1-17-7-11-19(12-8-17)22(25)16-23-15-5-3-4-6-21(23)24(22)20-13-9-18(2)10-14-20/h7-14,25H,3-6,15-16H2,1-2H3/q+1/t22-/m1/s1. The molecule has 2 aromatic rings. The van der Waals surface area contributed by atoms with Gasteiger partial charge in [0.2, 0.25) is 0 Å². The molecule has 0 bridgehead atoms. The van der Waals surface area contributed by atoms with E-state index in [1.807, 2.05) is 0 Å². The molecule has 0 amide bonds. The molecular formula is C22H27N2O+. The molecule has 0 aliphatic carbocycles. The summed E-state index contributed by atoms with van der Waals surface area (Å²) in [6, 6.07) is 16.9. The van der Waals surface area contributed by atoms with Gasteiger partial charge in [-0.1, -0.05) is 47.5 Å². The molecule has 0 fully saturated rings. The maximum absolute atomic E-state index is 11.8. The van der Waals surface area contributed by atoms with Gasteiger partial charge in [-0.2, -0.15) is 4.90 Å². The summed E-state index contributed by atoms with van der Waals surface area (Å²) >= 11 is 0. The lowest BCUT2D eigenvalue weighted by molar-refractivity contribution is -0.534. The molecule has 3 heteroatoms.